The number of thioether (sulfide) groups is 1. The van der Waals surface area contributed by atoms with E-state index in [1.54, 1.807) is 0 Å². The van der Waals surface area contributed by atoms with Gasteiger partial charge < -0.3 is 10.0 Å². The third kappa shape index (κ3) is 4.51. The average Bonchev–Trinajstić information content (AvgIpc) is 2.42. The topological polar surface area (TPSA) is 23.5 Å². The third-order valence-corrected chi connectivity index (χ3v) is 5.67. The summed E-state index contributed by atoms with van der Waals surface area (Å²) in [6, 6.07) is 10.5. The molecule has 112 valence electrons. The van der Waals surface area contributed by atoms with Crippen LogP contribution in [-0.4, -0.2) is 41.5 Å². The van der Waals surface area contributed by atoms with Gasteiger partial charge >= 0.3 is 0 Å². The number of hydrogen-bond donors (Lipinski definition) is 1. The zero-order valence-electron chi connectivity index (χ0n) is 12.7. The highest BCUT2D eigenvalue weighted by atomic mass is 32.2. The largest absolute Gasteiger partial charge is 0.389 e. The summed E-state index contributed by atoms with van der Waals surface area (Å²) in [6.45, 7) is 1.06. The number of aliphatic hydroxyl groups is 1. The first kappa shape index (κ1) is 15.9. The van der Waals surface area contributed by atoms with Crippen LogP contribution in [0.2, 0.25) is 0 Å². The maximum Gasteiger partial charge on any atom is 0.0769 e. The van der Waals surface area contributed by atoms with Crippen molar-refractivity contribution in [2.75, 3.05) is 20.6 Å². The van der Waals surface area contributed by atoms with Gasteiger partial charge in [-0.05, 0) is 58.5 Å². The summed E-state index contributed by atoms with van der Waals surface area (Å²) in [5, 5.41) is 11.4. The zero-order chi connectivity index (χ0) is 14.4. The van der Waals surface area contributed by atoms with Crippen LogP contribution in [0.5, 0.6) is 0 Å². The highest BCUT2D eigenvalue weighted by molar-refractivity contribution is 8.00. The minimum absolute atomic E-state index is 0.348. The third-order valence-electron chi connectivity index (χ3n) is 4.16. The monoisotopic (exact) mass is 293 g/mol. The van der Waals surface area contributed by atoms with Gasteiger partial charge in [-0.1, -0.05) is 31.0 Å². The number of benzene rings is 1. The minimum Gasteiger partial charge on any atom is -0.389 e. The lowest BCUT2D eigenvalue weighted by atomic mass is 9.81. The van der Waals surface area contributed by atoms with Gasteiger partial charge in [0.05, 0.1) is 5.60 Å². The Morgan fingerprint density at radius 2 is 2.00 bits per heavy atom. The van der Waals surface area contributed by atoms with Crippen LogP contribution >= 0.6 is 11.8 Å². The second-order valence-electron chi connectivity index (χ2n) is 6.18. The Bertz CT molecular complexity index is 395. The molecule has 0 heterocycles. The first-order valence-corrected chi connectivity index (χ1v) is 8.57. The zero-order valence-corrected chi connectivity index (χ0v) is 13.5. The Morgan fingerprint density at radius 3 is 2.70 bits per heavy atom. The maximum atomic E-state index is 11.1. The fraction of sp³-hybridized carbons (Fsp3) is 0.647. The molecule has 0 saturated heterocycles. The van der Waals surface area contributed by atoms with E-state index in [1.165, 1.54) is 17.7 Å². The summed E-state index contributed by atoms with van der Waals surface area (Å²) < 4.78 is 0. The molecule has 3 heteroatoms. The van der Waals surface area contributed by atoms with Crippen molar-refractivity contribution in [3.8, 4) is 0 Å². The molecule has 0 radical (unpaired) electrons. The van der Waals surface area contributed by atoms with Crippen LogP contribution in [0.25, 0.3) is 0 Å². The van der Waals surface area contributed by atoms with Gasteiger partial charge in [-0.3, -0.25) is 0 Å². The summed E-state index contributed by atoms with van der Waals surface area (Å²) in [6.07, 6.45) is 6.53. The second-order valence-corrected chi connectivity index (χ2v) is 7.45. The van der Waals surface area contributed by atoms with Crippen molar-refractivity contribution in [1.82, 2.24) is 4.90 Å². The van der Waals surface area contributed by atoms with Crippen molar-refractivity contribution in [2.45, 2.75) is 54.3 Å². The summed E-state index contributed by atoms with van der Waals surface area (Å²) in [5.41, 5.74) is -0.477. The van der Waals surface area contributed by atoms with E-state index in [9.17, 15) is 5.11 Å². The molecule has 1 N–H and O–H groups in total. The number of nitrogens with zero attached hydrogens (tertiary/aromatic N) is 1. The first-order chi connectivity index (χ1) is 9.60. The van der Waals surface area contributed by atoms with E-state index >= 15 is 0 Å². The predicted octanol–water partition coefficient (Wildman–Crippen LogP) is 3.79. The molecule has 0 aliphatic heterocycles. The smallest absolute Gasteiger partial charge is 0.0769 e. The van der Waals surface area contributed by atoms with Crippen LogP contribution < -0.4 is 0 Å². The SMILES string of the molecule is CN(C)CCCC1(O)CCCCC1Sc1ccccc1. The van der Waals surface area contributed by atoms with Gasteiger partial charge in [-0.15, -0.1) is 11.8 Å². The molecule has 2 rings (SSSR count). The van der Waals surface area contributed by atoms with Crippen molar-refractivity contribution < 1.29 is 5.11 Å². The standard InChI is InChI=1S/C17H27NOS/c1-18(2)14-8-13-17(19)12-7-6-11-16(17)20-15-9-4-3-5-10-15/h3-5,9-10,16,19H,6-8,11-14H2,1-2H3. The Kier molecular flexibility index (Phi) is 5.94. The molecule has 1 aromatic rings. The molecule has 1 aliphatic carbocycles. The minimum atomic E-state index is -0.477. The van der Waals surface area contributed by atoms with E-state index in [1.807, 2.05) is 17.8 Å². The molecule has 0 spiro atoms. The van der Waals surface area contributed by atoms with Crippen LogP contribution in [0.3, 0.4) is 0 Å². The van der Waals surface area contributed by atoms with Crippen molar-refractivity contribution in [2.24, 2.45) is 0 Å². The van der Waals surface area contributed by atoms with Gasteiger partial charge in [0, 0.05) is 10.1 Å². The Balaban J connectivity index is 1.96. The van der Waals surface area contributed by atoms with Crippen LogP contribution in [0.4, 0.5) is 0 Å². The van der Waals surface area contributed by atoms with Gasteiger partial charge in [0.15, 0.2) is 0 Å². The van der Waals surface area contributed by atoms with Crippen molar-refractivity contribution >= 4 is 11.8 Å². The fourth-order valence-electron chi connectivity index (χ4n) is 3.01. The number of hydrogen-bond acceptors (Lipinski definition) is 3. The summed E-state index contributed by atoms with van der Waals surface area (Å²) >= 11 is 1.87. The van der Waals surface area contributed by atoms with Crippen molar-refractivity contribution in [3.05, 3.63) is 30.3 Å². The molecule has 2 unspecified atom stereocenters. The molecule has 2 nitrogen and oxygen atoms in total. The van der Waals surface area contributed by atoms with E-state index in [0.29, 0.717) is 5.25 Å². The molecular formula is C17H27NOS. The van der Waals surface area contributed by atoms with Crippen molar-refractivity contribution in [1.29, 1.82) is 0 Å². The molecule has 0 aromatic heterocycles. The van der Waals surface area contributed by atoms with E-state index in [0.717, 1.165) is 32.2 Å². The molecule has 1 aromatic carbocycles. The van der Waals surface area contributed by atoms with E-state index in [2.05, 4.69) is 43.3 Å². The fourth-order valence-corrected chi connectivity index (χ4v) is 4.39. The van der Waals surface area contributed by atoms with E-state index in [-0.39, 0.29) is 0 Å². The summed E-state index contributed by atoms with van der Waals surface area (Å²) in [5.74, 6) is 0. The quantitative estimate of drug-likeness (QED) is 0.863. The van der Waals surface area contributed by atoms with Crippen LogP contribution in [0, 0.1) is 0 Å². The lowest BCUT2D eigenvalue weighted by molar-refractivity contribution is -0.000181. The Hall–Kier alpha value is -0.510. The average molecular weight is 293 g/mol. The molecule has 2 atom stereocenters. The summed E-state index contributed by atoms with van der Waals surface area (Å²) in [7, 11) is 4.20. The number of rotatable bonds is 6. The lowest BCUT2D eigenvalue weighted by Crippen LogP contribution is -2.43. The first-order valence-electron chi connectivity index (χ1n) is 7.69. The molecule has 0 amide bonds. The van der Waals surface area contributed by atoms with Crippen LogP contribution in [0.1, 0.15) is 38.5 Å². The highest BCUT2D eigenvalue weighted by Gasteiger charge is 2.38. The second kappa shape index (κ2) is 7.48. The van der Waals surface area contributed by atoms with Crippen LogP contribution in [0.15, 0.2) is 35.2 Å². The molecular weight excluding hydrogens is 266 g/mol. The van der Waals surface area contributed by atoms with Crippen LogP contribution in [-0.2, 0) is 0 Å². The molecule has 1 saturated carbocycles. The van der Waals surface area contributed by atoms with E-state index < -0.39 is 5.60 Å². The van der Waals surface area contributed by atoms with Crippen molar-refractivity contribution in [3.63, 3.8) is 0 Å². The molecule has 1 fully saturated rings. The van der Waals surface area contributed by atoms with Gasteiger partial charge in [0.25, 0.3) is 0 Å². The Labute approximate surface area is 127 Å². The molecule has 1 aliphatic rings. The normalized spacial score (nSPS) is 26.9. The van der Waals surface area contributed by atoms with Gasteiger partial charge in [-0.25, -0.2) is 0 Å². The highest BCUT2D eigenvalue weighted by Crippen LogP contribution is 2.42. The molecule has 0 bridgehead atoms. The van der Waals surface area contributed by atoms with Gasteiger partial charge in [0.2, 0.25) is 0 Å². The van der Waals surface area contributed by atoms with Gasteiger partial charge in [-0.2, -0.15) is 0 Å². The van der Waals surface area contributed by atoms with Gasteiger partial charge in [0.1, 0.15) is 0 Å². The summed E-state index contributed by atoms with van der Waals surface area (Å²) in [4.78, 5) is 3.48. The Morgan fingerprint density at radius 1 is 1.25 bits per heavy atom. The van der Waals surface area contributed by atoms with E-state index in [4.69, 9.17) is 0 Å². The predicted molar refractivity (Wildman–Crippen MR) is 87.3 cm³/mol. The molecule has 20 heavy (non-hydrogen) atoms. The maximum absolute atomic E-state index is 11.1. The lowest BCUT2D eigenvalue weighted by Gasteiger charge is -2.40.